The maximum absolute atomic E-state index is 6.06. The van der Waals surface area contributed by atoms with E-state index in [9.17, 15) is 0 Å². The molecule has 1 aromatic rings. The van der Waals surface area contributed by atoms with Crippen molar-refractivity contribution in [3.63, 3.8) is 0 Å². The van der Waals surface area contributed by atoms with Crippen LogP contribution in [0.15, 0.2) is 12.1 Å². The fraction of sp³-hybridized carbons (Fsp3) is 0.625. The summed E-state index contributed by atoms with van der Waals surface area (Å²) in [6, 6.07) is 4.23. The summed E-state index contributed by atoms with van der Waals surface area (Å²) >= 11 is 0. The number of nitrogens with two attached hydrogens (primary N) is 1. The monoisotopic (exact) mass is 261 g/mol. The van der Waals surface area contributed by atoms with Crippen LogP contribution in [0.1, 0.15) is 30.4 Å². The Bertz CT molecular complexity index is 420. The number of nitrogens with zero attached hydrogens (tertiary/aromatic N) is 1. The lowest BCUT2D eigenvalue weighted by Gasteiger charge is -2.29. The molecule has 1 fully saturated rings. The highest BCUT2D eigenvalue weighted by Crippen LogP contribution is 2.24. The molecule has 3 N–H and O–H groups in total. The number of hydrogen-bond acceptors (Lipinski definition) is 3. The molecule has 2 rings (SSSR count). The van der Waals surface area contributed by atoms with Gasteiger partial charge in [0.1, 0.15) is 0 Å². The molecule has 3 heteroatoms. The first-order chi connectivity index (χ1) is 9.06. The number of rotatable bonds is 4. The first-order valence-corrected chi connectivity index (χ1v) is 7.35. The number of piperidine rings is 1. The minimum atomic E-state index is 0.867. The Labute approximate surface area is 117 Å². The van der Waals surface area contributed by atoms with Crippen LogP contribution in [0.5, 0.6) is 0 Å². The van der Waals surface area contributed by atoms with Crippen LogP contribution in [-0.2, 0) is 0 Å². The van der Waals surface area contributed by atoms with Crippen molar-refractivity contribution < 1.29 is 0 Å². The van der Waals surface area contributed by atoms with Crippen molar-refractivity contribution in [3.05, 3.63) is 23.3 Å². The number of likely N-dealkylation sites (tertiary alicyclic amines) is 1. The first-order valence-electron chi connectivity index (χ1n) is 7.35. The summed E-state index contributed by atoms with van der Waals surface area (Å²) in [5.74, 6) is 0.872. The van der Waals surface area contributed by atoms with Crippen LogP contribution in [0.25, 0.3) is 0 Å². The van der Waals surface area contributed by atoms with Crippen molar-refractivity contribution in [3.8, 4) is 0 Å². The normalized spacial score (nSPS) is 17.6. The molecule has 0 unspecified atom stereocenters. The Kier molecular flexibility index (Phi) is 4.70. The van der Waals surface area contributed by atoms with E-state index < -0.39 is 0 Å². The van der Waals surface area contributed by atoms with Crippen molar-refractivity contribution in [2.75, 3.05) is 37.7 Å². The maximum Gasteiger partial charge on any atom is 0.0576 e. The third-order valence-electron chi connectivity index (χ3n) is 4.37. The summed E-state index contributed by atoms with van der Waals surface area (Å²) in [6.45, 7) is 7.76. The molecule has 1 heterocycles. The van der Waals surface area contributed by atoms with E-state index >= 15 is 0 Å². The number of aryl methyl sites for hydroxylation is 2. The zero-order valence-electron chi connectivity index (χ0n) is 12.5. The molecule has 0 aromatic heterocycles. The van der Waals surface area contributed by atoms with Gasteiger partial charge in [0.25, 0.3) is 0 Å². The minimum absolute atomic E-state index is 0.867. The van der Waals surface area contributed by atoms with Crippen LogP contribution in [0.3, 0.4) is 0 Å². The van der Waals surface area contributed by atoms with Crippen molar-refractivity contribution in [2.45, 2.75) is 33.1 Å². The van der Waals surface area contributed by atoms with Crippen LogP contribution >= 0.6 is 0 Å². The Morgan fingerprint density at radius 2 is 1.84 bits per heavy atom. The number of benzene rings is 1. The summed E-state index contributed by atoms with van der Waals surface area (Å²) in [4.78, 5) is 2.42. The predicted octanol–water partition coefficient (Wildman–Crippen LogP) is 3.03. The summed E-state index contributed by atoms with van der Waals surface area (Å²) in [7, 11) is 2.21. The molecule has 19 heavy (non-hydrogen) atoms. The second kappa shape index (κ2) is 6.29. The second-order valence-corrected chi connectivity index (χ2v) is 5.99. The molecule has 0 amide bonds. The predicted molar refractivity (Wildman–Crippen MR) is 83.7 cm³/mol. The van der Waals surface area contributed by atoms with E-state index in [-0.39, 0.29) is 0 Å². The largest absolute Gasteiger partial charge is 0.397 e. The van der Waals surface area contributed by atoms with Gasteiger partial charge in [-0.25, -0.2) is 0 Å². The molecule has 1 aliphatic rings. The molecule has 0 radical (unpaired) electrons. The SMILES string of the molecule is Cc1cc(N)c(NCCC2CCN(C)CC2)cc1C. The van der Waals surface area contributed by atoms with Crippen molar-refractivity contribution >= 4 is 11.4 Å². The molecule has 0 atom stereocenters. The standard InChI is InChI=1S/C16H27N3/c1-12-10-15(17)16(11-13(12)2)18-7-4-14-5-8-19(3)9-6-14/h10-11,14,18H,4-9,17H2,1-3H3. The van der Waals surface area contributed by atoms with Gasteiger partial charge in [0.15, 0.2) is 0 Å². The topological polar surface area (TPSA) is 41.3 Å². The molecular weight excluding hydrogens is 234 g/mol. The lowest BCUT2D eigenvalue weighted by Crippen LogP contribution is -2.30. The van der Waals surface area contributed by atoms with Crippen molar-refractivity contribution in [2.24, 2.45) is 5.92 Å². The van der Waals surface area contributed by atoms with E-state index in [1.807, 2.05) is 0 Å². The van der Waals surface area contributed by atoms with Gasteiger partial charge in [-0.3, -0.25) is 0 Å². The number of hydrogen-bond donors (Lipinski definition) is 2. The highest BCUT2D eigenvalue weighted by molar-refractivity contribution is 5.68. The highest BCUT2D eigenvalue weighted by atomic mass is 15.1. The molecule has 1 aliphatic heterocycles. The Hall–Kier alpha value is -1.22. The van der Waals surface area contributed by atoms with E-state index in [0.717, 1.165) is 23.8 Å². The summed E-state index contributed by atoms with van der Waals surface area (Å²) in [5, 5.41) is 3.50. The zero-order valence-corrected chi connectivity index (χ0v) is 12.5. The van der Waals surface area contributed by atoms with Crippen LogP contribution in [0.2, 0.25) is 0 Å². The Morgan fingerprint density at radius 3 is 2.53 bits per heavy atom. The number of anilines is 2. The Balaban J connectivity index is 1.81. The minimum Gasteiger partial charge on any atom is -0.397 e. The molecule has 0 spiro atoms. The molecule has 0 aliphatic carbocycles. The summed E-state index contributed by atoms with van der Waals surface area (Å²) < 4.78 is 0. The van der Waals surface area contributed by atoms with Gasteiger partial charge in [-0.15, -0.1) is 0 Å². The van der Waals surface area contributed by atoms with E-state index in [1.165, 1.54) is 43.5 Å². The molecular formula is C16H27N3. The van der Waals surface area contributed by atoms with E-state index in [0.29, 0.717) is 0 Å². The number of nitrogen functional groups attached to an aromatic ring is 1. The summed E-state index contributed by atoms with van der Waals surface area (Å²) in [6.07, 6.45) is 3.92. The van der Waals surface area contributed by atoms with Gasteiger partial charge in [0, 0.05) is 6.54 Å². The fourth-order valence-corrected chi connectivity index (χ4v) is 2.75. The van der Waals surface area contributed by atoms with Gasteiger partial charge in [0.2, 0.25) is 0 Å². The molecule has 0 saturated carbocycles. The smallest absolute Gasteiger partial charge is 0.0576 e. The van der Waals surface area contributed by atoms with Gasteiger partial charge < -0.3 is 16.0 Å². The van der Waals surface area contributed by atoms with Gasteiger partial charge in [-0.05, 0) is 82.4 Å². The molecule has 106 valence electrons. The zero-order chi connectivity index (χ0) is 13.8. The lowest BCUT2D eigenvalue weighted by atomic mass is 9.94. The van der Waals surface area contributed by atoms with Gasteiger partial charge in [-0.1, -0.05) is 0 Å². The van der Waals surface area contributed by atoms with E-state index in [4.69, 9.17) is 5.73 Å². The third-order valence-corrected chi connectivity index (χ3v) is 4.37. The van der Waals surface area contributed by atoms with Crippen LogP contribution in [-0.4, -0.2) is 31.6 Å². The molecule has 1 saturated heterocycles. The Morgan fingerprint density at radius 1 is 1.21 bits per heavy atom. The quantitative estimate of drug-likeness (QED) is 0.819. The summed E-state index contributed by atoms with van der Waals surface area (Å²) in [5.41, 5.74) is 10.6. The van der Waals surface area contributed by atoms with E-state index in [1.54, 1.807) is 0 Å². The van der Waals surface area contributed by atoms with Gasteiger partial charge in [-0.2, -0.15) is 0 Å². The number of nitrogens with one attached hydrogen (secondary N) is 1. The van der Waals surface area contributed by atoms with E-state index in [2.05, 4.69) is 43.2 Å². The van der Waals surface area contributed by atoms with Crippen LogP contribution < -0.4 is 11.1 Å². The lowest BCUT2D eigenvalue weighted by molar-refractivity contribution is 0.215. The average Bonchev–Trinajstić information content (AvgIpc) is 2.38. The highest BCUT2D eigenvalue weighted by Gasteiger charge is 2.16. The fourth-order valence-electron chi connectivity index (χ4n) is 2.75. The average molecular weight is 261 g/mol. The van der Waals surface area contributed by atoms with Crippen molar-refractivity contribution in [1.29, 1.82) is 0 Å². The third kappa shape index (κ3) is 3.87. The molecule has 0 bridgehead atoms. The molecule has 1 aromatic carbocycles. The molecule has 3 nitrogen and oxygen atoms in total. The maximum atomic E-state index is 6.06. The van der Waals surface area contributed by atoms with Crippen molar-refractivity contribution in [1.82, 2.24) is 4.90 Å². The van der Waals surface area contributed by atoms with Gasteiger partial charge >= 0.3 is 0 Å². The van der Waals surface area contributed by atoms with Crippen LogP contribution in [0, 0.1) is 19.8 Å². The second-order valence-electron chi connectivity index (χ2n) is 5.99. The van der Waals surface area contributed by atoms with Crippen LogP contribution in [0.4, 0.5) is 11.4 Å². The first kappa shape index (κ1) is 14.2. The van der Waals surface area contributed by atoms with Gasteiger partial charge in [0.05, 0.1) is 11.4 Å².